The van der Waals surface area contributed by atoms with Crippen LogP contribution in [0.25, 0.3) is 0 Å². The molecule has 2 rings (SSSR count). The zero-order valence-corrected chi connectivity index (χ0v) is 10.00. The van der Waals surface area contributed by atoms with Crippen LogP contribution < -0.4 is 5.32 Å². The number of carboxylic acids is 1. The topological polar surface area (TPSA) is 49.3 Å². The minimum Gasteiger partial charge on any atom is -0.481 e. The lowest BCUT2D eigenvalue weighted by Crippen LogP contribution is -2.21. The Hall–Kier alpha value is -0.940. The van der Waals surface area contributed by atoms with Crippen LogP contribution >= 0.6 is 15.9 Å². The van der Waals surface area contributed by atoms with Gasteiger partial charge < -0.3 is 10.4 Å². The van der Waals surface area contributed by atoms with E-state index in [0.29, 0.717) is 13.1 Å². The van der Waals surface area contributed by atoms with E-state index in [9.17, 15) is 9.18 Å². The molecule has 0 amide bonds. The molecule has 1 saturated heterocycles. The van der Waals surface area contributed by atoms with E-state index in [1.165, 1.54) is 12.1 Å². The first-order valence-electron chi connectivity index (χ1n) is 4.98. The average Bonchev–Trinajstić information content (AvgIpc) is 2.70. The molecular formula is C11H11BrFNO2. The second kappa shape index (κ2) is 4.51. The number of hydrogen-bond donors (Lipinski definition) is 2. The number of hydrogen-bond acceptors (Lipinski definition) is 2. The van der Waals surface area contributed by atoms with Crippen LogP contribution in [0.4, 0.5) is 4.39 Å². The molecule has 0 bridgehead atoms. The van der Waals surface area contributed by atoms with Crippen LogP contribution in [0.3, 0.4) is 0 Å². The summed E-state index contributed by atoms with van der Waals surface area (Å²) < 4.78 is 13.9. The van der Waals surface area contributed by atoms with Crippen molar-refractivity contribution >= 4 is 21.9 Å². The summed E-state index contributed by atoms with van der Waals surface area (Å²) in [5.74, 6) is -1.85. The van der Waals surface area contributed by atoms with Crippen LogP contribution in [-0.2, 0) is 4.79 Å². The van der Waals surface area contributed by atoms with Crippen molar-refractivity contribution in [3.05, 3.63) is 34.1 Å². The Morgan fingerprint density at radius 3 is 2.94 bits per heavy atom. The van der Waals surface area contributed by atoms with E-state index in [-0.39, 0.29) is 11.7 Å². The molecule has 16 heavy (non-hydrogen) atoms. The van der Waals surface area contributed by atoms with Crippen molar-refractivity contribution in [3.8, 4) is 0 Å². The zero-order valence-electron chi connectivity index (χ0n) is 8.41. The highest BCUT2D eigenvalue weighted by Crippen LogP contribution is 2.33. The number of aliphatic carboxylic acids is 1. The molecule has 1 aliphatic heterocycles. The van der Waals surface area contributed by atoms with Gasteiger partial charge in [0.25, 0.3) is 0 Å². The van der Waals surface area contributed by atoms with Gasteiger partial charge >= 0.3 is 5.97 Å². The maximum absolute atomic E-state index is 13.1. The molecule has 1 aromatic rings. The van der Waals surface area contributed by atoms with E-state index < -0.39 is 11.9 Å². The number of benzene rings is 1. The third kappa shape index (κ3) is 2.10. The van der Waals surface area contributed by atoms with Gasteiger partial charge in [0, 0.05) is 23.5 Å². The summed E-state index contributed by atoms with van der Waals surface area (Å²) in [7, 11) is 0. The van der Waals surface area contributed by atoms with E-state index in [1.807, 2.05) is 0 Å². The fourth-order valence-electron chi connectivity index (χ4n) is 2.06. The van der Waals surface area contributed by atoms with Crippen molar-refractivity contribution in [2.24, 2.45) is 5.92 Å². The average molecular weight is 288 g/mol. The van der Waals surface area contributed by atoms with Gasteiger partial charge in [-0.2, -0.15) is 0 Å². The summed E-state index contributed by atoms with van der Waals surface area (Å²) in [6.07, 6.45) is 0. The van der Waals surface area contributed by atoms with Crippen molar-refractivity contribution in [1.29, 1.82) is 0 Å². The van der Waals surface area contributed by atoms with Gasteiger partial charge in [0.05, 0.1) is 5.92 Å². The number of rotatable bonds is 2. The summed E-state index contributed by atoms with van der Waals surface area (Å²) >= 11 is 3.33. The van der Waals surface area contributed by atoms with Crippen molar-refractivity contribution in [3.63, 3.8) is 0 Å². The quantitative estimate of drug-likeness (QED) is 0.875. The monoisotopic (exact) mass is 287 g/mol. The molecule has 2 unspecified atom stereocenters. The van der Waals surface area contributed by atoms with Crippen molar-refractivity contribution in [1.82, 2.24) is 5.32 Å². The zero-order chi connectivity index (χ0) is 11.7. The van der Waals surface area contributed by atoms with Gasteiger partial charge in [-0.05, 0) is 23.8 Å². The lowest BCUT2D eigenvalue weighted by Gasteiger charge is -2.16. The van der Waals surface area contributed by atoms with Gasteiger partial charge in [0.2, 0.25) is 0 Å². The van der Waals surface area contributed by atoms with Gasteiger partial charge in [0.1, 0.15) is 5.82 Å². The van der Waals surface area contributed by atoms with Crippen LogP contribution in [-0.4, -0.2) is 24.2 Å². The van der Waals surface area contributed by atoms with E-state index in [2.05, 4.69) is 21.2 Å². The first-order chi connectivity index (χ1) is 7.59. The van der Waals surface area contributed by atoms with Gasteiger partial charge in [0.15, 0.2) is 0 Å². The highest BCUT2D eigenvalue weighted by Gasteiger charge is 2.34. The van der Waals surface area contributed by atoms with Gasteiger partial charge in [-0.1, -0.05) is 15.9 Å². The maximum atomic E-state index is 13.1. The Labute approximate surface area is 101 Å². The SMILES string of the molecule is O=C(O)C1CNCC1c1cc(F)ccc1Br. The number of halogens is 2. The number of nitrogens with one attached hydrogen (secondary N) is 1. The Bertz CT molecular complexity index is 424. The Morgan fingerprint density at radius 1 is 1.50 bits per heavy atom. The molecule has 2 atom stereocenters. The normalized spacial score (nSPS) is 24.6. The molecule has 0 saturated carbocycles. The second-order valence-corrected chi connectivity index (χ2v) is 4.73. The predicted octanol–water partition coefficient (Wildman–Crippen LogP) is 1.98. The molecule has 1 aromatic carbocycles. The van der Waals surface area contributed by atoms with Crippen molar-refractivity contribution in [2.75, 3.05) is 13.1 Å². The first kappa shape index (κ1) is 11.5. The van der Waals surface area contributed by atoms with Crippen LogP contribution in [0, 0.1) is 11.7 Å². The molecular weight excluding hydrogens is 277 g/mol. The van der Waals surface area contributed by atoms with Crippen LogP contribution in [0.15, 0.2) is 22.7 Å². The molecule has 0 radical (unpaired) electrons. The lowest BCUT2D eigenvalue weighted by molar-refractivity contribution is -0.141. The molecule has 5 heteroatoms. The molecule has 86 valence electrons. The van der Waals surface area contributed by atoms with Crippen molar-refractivity contribution in [2.45, 2.75) is 5.92 Å². The number of carboxylic acid groups (broad SMARTS) is 1. The highest BCUT2D eigenvalue weighted by molar-refractivity contribution is 9.10. The summed E-state index contributed by atoms with van der Waals surface area (Å²) in [5.41, 5.74) is 0.720. The van der Waals surface area contributed by atoms with Gasteiger partial charge in [-0.15, -0.1) is 0 Å². The molecule has 0 aromatic heterocycles. The summed E-state index contributed by atoms with van der Waals surface area (Å²) in [6.45, 7) is 1.00. The third-order valence-electron chi connectivity index (χ3n) is 2.89. The predicted molar refractivity (Wildman–Crippen MR) is 60.8 cm³/mol. The van der Waals surface area contributed by atoms with E-state index in [0.717, 1.165) is 10.0 Å². The van der Waals surface area contributed by atoms with E-state index >= 15 is 0 Å². The molecule has 1 aliphatic rings. The highest BCUT2D eigenvalue weighted by atomic mass is 79.9. The smallest absolute Gasteiger partial charge is 0.308 e. The molecule has 1 fully saturated rings. The third-order valence-corrected chi connectivity index (χ3v) is 3.61. The lowest BCUT2D eigenvalue weighted by atomic mass is 9.89. The summed E-state index contributed by atoms with van der Waals surface area (Å²) in [4.78, 5) is 11.0. The largest absolute Gasteiger partial charge is 0.481 e. The molecule has 1 heterocycles. The van der Waals surface area contributed by atoms with Crippen LogP contribution in [0.5, 0.6) is 0 Å². The van der Waals surface area contributed by atoms with Gasteiger partial charge in [-0.3, -0.25) is 4.79 Å². The minimum atomic E-state index is -0.842. The number of carbonyl (C=O) groups is 1. The van der Waals surface area contributed by atoms with Gasteiger partial charge in [-0.25, -0.2) is 4.39 Å². The summed E-state index contributed by atoms with van der Waals surface area (Å²) in [6, 6.07) is 4.37. The van der Waals surface area contributed by atoms with Crippen LogP contribution in [0.1, 0.15) is 11.5 Å². The van der Waals surface area contributed by atoms with E-state index in [4.69, 9.17) is 5.11 Å². The Kier molecular flexibility index (Phi) is 3.25. The molecule has 0 spiro atoms. The second-order valence-electron chi connectivity index (χ2n) is 3.88. The van der Waals surface area contributed by atoms with Crippen molar-refractivity contribution < 1.29 is 14.3 Å². The minimum absolute atomic E-state index is 0.178. The molecule has 2 N–H and O–H groups in total. The maximum Gasteiger partial charge on any atom is 0.308 e. The molecule has 3 nitrogen and oxygen atoms in total. The first-order valence-corrected chi connectivity index (χ1v) is 5.77. The Balaban J connectivity index is 2.35. The fourth-order valence-corrected chi connectivity index (χ4v) is 2.60. The summed E-state index contributed by atoms with van der Waals surface area (Å²) in [5, 5.41) is 12.1. The molecule has 0 aliphatic carbocycles. The van der Waals surface area contributed by atoms with E-state index in [1.54, 1.807) is 6.07 Å². The fraction of sp³-hybridized carbons (Fsp3) is 0.364. The van der Waals surface area contributed by atoms with Crippen LogP contribution in [0.2, 0.25) is 0 Å². The standard InChI is InChI=1S/C11H11BrFNO2/c12-10-2-1-6(13)3-7(10)8-4-14-5-9(8)11(15)16/h1-3,8-9,14H,4-5H2,(H,15,16). The Morgan fingerprint density at radius 2 is 2.25 bits per heavy atom.